The fraction of sp³-hybridized carbons (Fsp3) is 0.286. The number of nitrogens with zero attached hydrogens (tertiary/aromatic N) is 1. The smallest absolute Gasteiger partial charge is 0.248 e. The zero-order valence-corrected chi connectivity index (χ0v) is 15.8. The summed E-state index contributed by atoms with van der Waals surface area (Å²) < 4.78 is 11.0. The van der Waals surface area contributed by atoms with Gasteiger partial charge in [-0.2, -0.15) is 0 Å². The maximum Gasteiger partial charge on any atom is 0.248 e. The minimum absolute atomic E-state index is 0.187. The predicted molar refractivity (Wildman–Crippen MR) is 107 cm³/mol. The summed E-state index contributed by atoms with van der Waals surface area (Å²) in [7, 11) is 5.55. The molecule has 0 bridgehead atoms. The van der Waals surface area contributed by atoms with E-state index in [1.807, 2.05) is 61.5 Å². The van der Waals surface area contributed by atoms with Crippen molar-refractivity contribution in [2.24, 2.45) is 0 Å². The SMILES string of the molecule is CCCOc1ccc(/C=C/C(=O)Nc2ccc(N(C)C)cc2)cc1OC. The van der Waals surface area contributed by atoms with Crippen molar-refractivity contribution in [1.82, 2.24) is 0 Å². The van der Waals surface area contributed by atoms with Gasteiger partial charge in [-0.15, -0.1) is 0 Å². The van der Waals surface area contributed by atoms with Crippen molar-refractivity contribution < 1.29 is 14.3 Å². The van der Waals surface area contributed by atoms with Gasteiger partial charge in [-0.25, -0.2) is 0 Å². The number of methoxy groups -OCH3 is 1. The molecule has 0 aliphatic rings. The van der Waals surface area contributed by atoms with E-state index in [0.29, 0.717) is 18.1 Å². The average molecular weight is 354 g/mol. The van der Waals surface area contributed by atoms with Crippen LogP contribution in [0.5, 0.6) is 11.5 Å². The second kappa shape index (κ2) is 9.51. The van der Waals surface area contributed by atoms with Crippen LogP contribution in [-0.2, 0) is 4.79 Å². The summed E-state index contributed by atoms with van der Waals surface area (Å²) in [6.07, 6.45) is 4.18. The van der Waals surface area contributed by atoms with Crippen LogP contribution in [0.1, 0.15) is 18.9 Å². The van der Waals surface area contributed by atoms with E-state index in [1.165, 1.54) is 6.08 Å². The van der Waals surface area contributed by atoms with Crippen LogP contribution in [0.15, 0.2) is 48.5 Å². The second-order valence-corrected chi connectivity index (χ2v) is 6.02. The van der Waals surface area contributed by atoms with Gasteiger partial charge in [0.25, 0.3) is 0 Å². The largest absolute Gasteiger partial charge is 0.493 e. The fourth-order valence-electron chi connectivity index (χ4n) is 2.32. The summed E-state index contributed by atoms with van der Waals surface area (Å²) in [6, 6.07) is 13.3. The molecular weight excluding hydrogens is 328 g/mol. The lowest BCUT2D eigenvalue weighted by Crippen LogP contribution is -2.10. The number of benzene rings is 2. The first-order chi connectivity index (χ1) is 12.5. The highest BCUT2D eigenvalue weighted by Crippen LogP contribution is 2.28. The third-order valence-corrected chi connectivity index (χ3v) is 3.73. The first-order valence-electron chi connectivity index (χ1n) is 8.60. The highest BCUT2D eigenvalue weighted by atomic mass is 16.5. The molecule has 26 heavy (non-hydrogen) atoms. The van der Waals surface area contributed by atoms with Crippen molar-refractivity contribution in [1.29, 1.82) is 0 Å². The molecule has 5 nitrogen and oxygen atoms in total. The number of carbonyl (C=O) groups is 1. The van der Waals surface area contributed by atoms with Crippen molar-refractivity contribution in [2.75, 3.05) is 38.0 Å². The van der Waals surface area contributed by atoms with Crippen LogP contribution in [-0.4, -0.2) is 33.7 Å². The van der Waals surface area contributed by atoms with Crippen molar-refractivity contribution in [3.63, 3.8) is 0 Å². The Bertz CT molecular complexity index is 752. The lowest BCUT2D eigenvalue weighted by atomic mass is 10.2. The number of amides is 1. The Morgan fingerprint density at radius 3 is 2.46 bits per heavy atom. The quantitative estimate of drug-likeness (QED) is 0.722. The summed E-state index contributed by atoms with van der Waals surface area (Å²) in [5.74, 6) is 1.17. The van der Waals surface area contributed by atoms with Gasteiger partial charge >= 0.3 is 0 Å². The number of ether oxygens (including phenoxy) is 2. The van der Waals surface area contributed by atoms with Gasteiger partial charge in [0.05, 0.1) is 13.7 Å². The Morgan fingerprint density at radius 1 is 1.12 bits per heavy atom. The second-order valence-electron chi connectivity index (χ2n) is 6.02. The molecule has 0 saturated heterocycles. The van der Waals surface area contributed by atoms with E-state index >= 15 is 0 Å². The van der Waals surface area contributed by atoms with Crippen LogP contribution in [0.3, 0.4) is 0 Å². The van der Waals surface area contributed by atoms with E-state index in [4.69, 9.17) is 9.47 Å². The fourth-order valence-corrected chi connectivity index (χ4v) is 2.32. The molecule has 0 aromatic heterocycles. The van der Waals surface area contributed by atoms with Crippen molar-refractivity contribution in [3.8, 4) is 11.5 Å². The Kier molecular flexibility index (Phi) is 7.09. The number of hydrogen-bond acceptors (Lipinski definition) is 4. The van der Waals surface area contributed by atoms with E-state index in [0.717, 1.165) is 23.4 Å². The molecule has 0 atom stereocenters. The highest BCUT2D eigenvalue weighted by Gasteiger charge is 2.05. The molecule has 0 aliphatic heterocycles. The molecule has 5 heteroatoms. The molecule has 2 aromatic rings. The average Bonchev–Trinajstić information content (AvgIpc) is 2.65. The summed E-state index contributed by atoms with van der Waals surface area (Å²) in [5.41, 5.74) is 2.70. The van der Waals surface area contributed by atoms with Gasteiger partial charge in [0.15, 0.2) is 11.5 Å². The van der Waals surface area contributed by atoms with E-state index in [9.17, 15) is 4.79 Å². The van der Waals surface area contributed by atoms with Crippen LogP contribution in [0.2, 0.25) is 0 Å². The highest BCUT2D eigenvalue weighted by molar-refractivity contribution is 6.02. The van der Waals surface area contributed by atoms with Gasteiger partial charge in [-0.3, -0.25) is 4.79 Å². The van der Waals surface area contributed by atoms with Gasteiger partial charge in [0.1, 0.15) is 0 Å². The van der Waals surface area contributed by atoms with Crippen molar-refractivity contribution in [3.05, 3.63) is 54.1 Å². The third-order valence-electron chi connectivity index (χ3n) is 3.73. The van der Waals surface area contributed by atoms with Gasteiger partial charge in [-0.1, -0.05) is 13.0 Å². The molecule has 1 N–H and O–H groups in total. The molecule has 0 spiro atoms. The van der Waals surface area contributed by atoms with Gasteiger partial charge in [0.2, 0.25) is 5.91 Å². The third kappa shape index (κ3) is 5.55. The van der Waals surface area contributed by atoms with Gasteiger partial charge in [0, 0.05) is 31.5 Å². The minimum atomic E-state index is -0.187. The van der Waals surface area contributed by atoms with Crippen LogP contribution in [0, 0.1) is 0 Å². The van der Waals surface area contributed by atoms with Gasteiger partial charge < -0.3 is 19.7 Å². The summed E-state index contributed by atoms with van der Waals surface area (Å²) in [4.78, 5) is 14.1. The Hall–Kier alpha value is -2.95. The van der Waals surface area contributed by atoms with E-state index < -0.39 is 0 Å². The number of hydrogen-bond donors (Lipinski definition) is 1. The minimum Gasteiger partial charge on any atom is -0.493 e. The number of nitrogens with one attached hydrogen (secondary N) is 1. The van der Waals surface area contributed by atoms with Crippen LogP contribution >= 0.6 is 0 Å². The van der Waals surface area contributed by atoms with E-state index in [2.05, 4.69) is 12.2 Å². The van der Waals surface area contributed by atoms with Crippen LogP contribution in [0.25, 0.3) is 6.08 Å². The molecule has 0 fully saturated rings. The van der Waals surface area contributed by atoms with Crippen LogP contribution < -0.4 is 19.7 Å². The first-order valence-corrected chi connectivity index (χ1v) is 8.60. The maximum absolute atomic E-state index is 12.1. The molecule has 0 unspecified atom stereocenters. The van der Waals surface area contributed by atoms with Crippen molar-refractivity contribution >= 4 is 23.4 Å². The summed E-state index contributed by atoms with van der Waals surface area (Å²) in [5, 5.41) is 2.85. The molecule has 2 rings (SSSR count). The summed E-state index contributed by atoms with van der Waals surface area (Å²) >= 11 is 0. The number of rotatable bonds is 8. The molecule has 0 heterocycles. The monoisotopic (exact) mass is 354 g/mol. The Morgan fingerprint density at radius 2 is 1.85 bits per heavy atom. The van der Waals surface area contributed by atoms with E-state index in [1.54, 1.807) is 13.2 Å². The standard InChI is InChI=1S/C21H26N2O3/c1-5-14-26-19-12-6-16(15-20(19)25-4)7-13-21(24)22-17-8-10-18(11-9-17)23(2)3/h6-13,15H,5,14H2,1-4H3,(H,22,24)/b13-7+. The lowest BCUT2D eigenvalue weighted by molar-refractivity contribution is -0.111. The Labute approximate surface area is 155 Å². The molecule has 0 aliphatic carbocycles. The van der Waals surface area contributed by atoms with E-state index in [-0.39, 0.29) is 5.91 Å². The summed E-state index contributed by atoms with van der Waals surface area (Å²) in [6.45, 7) is 2.69. The maximum atomic E-state index is 12.1. The van der Waals surface area contributed by atoms with Crippen molar-refractivity contribution in [2.45, 2.75) is 13.3 Å². The Balaban J connectivity index is 2.00. The predicted octanol–water partition coefficient (Wildman–Crippen LogP) is 4.20. The molecule has 138 valence electrons. The molecular formula is C21H26N2O3. The molecule has 2 aromatic carbocycles. The van der Waals surface area contributed by atoms with Crippen LogP contribution in [0.4, 0.5) is 11.4 Å². The van der Waals surface area contributed by atoms with Gasteiger partial charge in [-0.05, 0) is 54.5 Å². The zero-order chi connectivity index (χ0) is 18.9. The zero-order valence-electron chi connectivity index (χ0n) is 15.8. The molecule has 0 saturated carbocycles. The lowest BCUT2D eigenvalue weighted by Gasteiger charge is -2.12. The molecule has 0 radical (unpaired) electrons. The number of anilines is 2. The first kappa shape index (κ1) is 19.4. The molecule has 1 amide bonds. The number of carbonyl (C=O) groups excluding carboxylic acids is 1. The topological polar surface area (TPSA) is 50.8 Å². The normalized spacial score (nSPS) is 10.6.